The summed E-state index contributed by atoms with van der Waals surface area (Å²) in [5.74, 6) is 0.188. The van der Waals surface area contributed by atoms with E-state index < -0.39 is 16.1 Å². The minimum Gasteiger partial charge on any atom is -0.487 e. The van der Waals surface area contributed by atoms with Gasteiger partial charge in [0.15, 0.2) is 0 Å². The number of likely N-dealkylation sites (N-methyl/N-ethyl adjacent to an activating group) is 1. The lowest BCUT2D eigenvalue weighted by molar-refractivity contribution is 0.0733. The molecule has 4 rings (SSSR count). The zero-order valence-electron chi connectivity index (χ0n) is 21.4. The van der Waals surface area contributed by atoms with Crippen molar-refractivity contribution in [2.24, 2.45) is 5.92 Å². The first-order valence-electron chi connectivity index (χ1n) is 12.4. The first-order chi connectivity index (χ1) is 17.8. The molecule has 0 radical (unpaired) electrons. The summed E-state index contributed by atoms with van der Waals surface area (Å²) >= 11 is 0. The number of aliphatic hydroxyl groups excluding tert-OH is 1. The maximum absolute atomic E-state index is 13.7. The summed E-state index contributed by atoms with van der Waals surface area (Å²) in [4.78, 5) is 10.4. The minimum absolute atomic E-state index is 0.112. The van der Waals surface area contributed by atoms with Crippen molar-refractivity contribution in [3.05, 3.63) is 83.9 Å². The summed E-state index contributed by atoms with van der Waals surface area (Å²) in [6.07, 6.45) is 8.70. The predicted octanol–water partition coefficient (Wildman–Crippen LogP) is 3.55. The summed E-state index contributed by atoms with van der Waals surface area (Å²) in [7, 11) is -1.88. The molecule has 0 saturated carbocycles. The molecule has 2 aromatic carbocycles. The van der Waals surface area contributed by atoms with Crippen LogP contribution in [0.4, 0.5) is 0 Å². The number of sulfonamides is 1. The van der Waals surface area contributed by atoms with Gasteiger partial charge in [0.1, 0.15) is 23.1 Å². The second-order valence-electron chi connectivity index (χ2n) is 9.63. The third-order valence-corrected chi connectivity index (χ3v) is 8.54. The van der Waals surface area contributed by atoms with Crippen LogP contribution in [-0.4, -0.2) is 71.6 Å². The van der Waals surface area contributed by atoms with Gasteiger partial charge in [-0.2, -0.15) is 4.31 Å². The average molecular weight is 523 g/mol. The van der Waals surface area contributed by atoms with E-state index in [1.807, 2.05) is 56.5 Å². The first-order valence-corrected chi connectivity index (χ1v) is 13.8. The Morgan fingerprint density at radius 3 is 2.54 bits per heavy atom. The van der Waals surface area contributed by atoms with Gasteiger partial charge < -0.3 is 9.84 Å². The zero-order chi connectivity index (χ0) is 26.4. The molecule has 8 nitrogen and oxygen atoms in total. The molecule has 1 aliphatic rings. The van der Waals surface area contributed by atoms with Gasteiger partial charge in [-0.15, -0.1) is 0 Å². The molecule has 0 bridgehead atoms. The Hall–Kier alpha value is -3.11. The van der Waals surface area contributed by atoms with E-state index in [-0.39, 0.29) is 30.1 Å². The smallest absolute Gasteiger partial charge is 0.247 e. The van der Waals surface area contributed by atoms with Gasteiger partial charge in [-0.05, 0) is 37.2 Å². The molecular formula is C28H34N4O4S. The van der Waals surface area contributed by atoms with E-state index in [2.05, 4.69) is 14.9 Å². The van der Waals surface area contributed by atoms with Crippen LogP contribution in [0.5, 0.6) is 5.75 Å². The van der Waals surface area contributed by atoms with E-state index in [9.17, 15) is 13.5 Å². The number of nitrogens with zero attached hydrogens (tertiary/aromatic N) is 4. The standard InChI is InChI=1S/C28H34N4O4S/c1-21-16-32(22(2)19-33)37(34,35)28-12-11-24(10-9-23-7-5-4-6-8-23)13-26(28)36-27(21)18-31(3)17-25-14-29-20-30-15-25/h4-15,20-22,27,33H,16-19H2,1-3H3/b10-9+/t21-,22-,27-/m1/s1. The Kier molecular flexibility index (Phi) is 8.71. The highest BCUT2D eigenvalue weighted by Crippen LogP contribution is 2.34. The van der Waals surface area contributed by atoms with E-state index in [4.69, 9.17) is 4.74 Å². The number of benzene rings is 2. The quantitative estimate of drug-likeness (QED) is 0.452. The van der Waals surface area contributed by atoms with Crippen LogP contribution < -0.4 is 4.74 Å². The van der Waals surface area contributed by atoms with Crippen molar-refractivity contribution in [2.45, 2.75) is 37.4 Å². The summed E-state index contributed by atoms with van der Waals surface area (Å²) in [5, 5.41) is 9.85. The van der Waals surface area contributed by atoms with Crippen LogP contribution in [0.3, 0.4) is 0 Å². The van der Waals surface area contributed by atoms with Crippen molar-refractivity contribution >= 4 is 22.2 Å². The largest absolute Gasteiger partial charge is 0.487 e. The van der Waals surface area contributed by atoms with Gasteiger partial charge in [0.2, 0.25) is 10.0 Å². The molecule has 196 valence electrons. The number of hydrogen-bond acceptors (Lipinski definition) is 7. The highest BCUT2D eigenvalue weighted by molar-refractivity contribution is 7.89. The Balaban J connectivity index is 1.68. The van der Waals surface area contributed by atoms with Crippen LogP contribution in [0, 0.1) is 5.92 Å². The van der Waals surface area contributed by atoms with Gasteiger partial charge in [-0.25, -0.2) is 18.4 Å². The maximum atomic E-state index is 13.7. The summed E-state index contributed by atoms with van der Waals surface area (Å²) in [5.41, 5.74) is 2.86. The van der Waals surface area contributed by atoms with Crippen molar-refractivity contribution in [2.75, 3.05) is 26.7 Å². The topological polar surface area (TPSA) is 95.9 Å². The number of ether oxygens (including phenoxy) is 1. The lowest BCUT2D eigenvalue weighted by Gasteiger charge is -2.37. The highest BCUT2D eigenvalue weighted by Gasteiger charge is 2.38. The molecular weight excluding hydrogens is 488 g/mol. The molecule has 1 N–H and O–H groups in total. The van der Waals surface area contributed by atoms with E-state index in [1.165, 1.54) is 10.6 Å². The Bertz CT molecular complexity index is 1300. The van der Waals surface area contributed by atoms with Crippen molar-refractivity contribution < 1.29 is 18.3 Å². The van der Waals surface area contributed by atoms with E-state index in [0.29, 0.717) is 18.8 Å². The fourth-order valence-electron chi connectivity index (χ4n) is 4.42. The molecule has 3 atom stereocenters. The monoisotopic (exact) mass is 522 g/mol. The lowest BCUT2D eigenvalue weighted by Crippen LogP contribution is -2.49. The molecule has 9 heteroatoms. The van der Waals surface area contributed by atoms with Crippen molar-refractivity contribution in [3.63, 3.8) is 0 Å². The third-order valence-electron chi connectivity index (χ3n) is 6.52. The molecule has 1 aliphatic heterocycles. The summed E-state index contributed by atoms with van der Waals surface area (Å²) in [6.45, 7) is 4.89. The first kappa shape index (κ1) is 26.9. The molecule has 2 heterocycles. The fourth-order valence-corrected chi connectivity index (χ4v) is 6.24. The number of rotatable bonds is 8. The Labute approximate surface area is 219 Å². The van der Waals surface area contributed by atoms with Gasteiger partial charge in [0, 0.05) is 49.6 Å². The normalized spacial score (nSPS) is 20.7. The molecule has 0 saturated heterocycles. The van der Waals surface area contributed by atoms with Gasteiger partial charge in [0.05, 0.1) is 6.61 Å². The van der Waals surface area contributed by atoms with Crippen molar-refractivity contribution in [3.8, 4) is 5.75 Å². The third kappa shape index (κ3) is 6.61. The van der Waals surface area contributed by atoms with Crippen molar-refractivity contribution in [1.82, 2.24) is 19.2 Å². The zero-order valence-corrected chi connectivity index (χ0v) is 22.3. The molecule has 0 unspecified atom stereocenters. The number of aliphatic hydroxyl groups is 1. The molecule has 0 fully saturated rings. The van der Waals surface area contributed by atoms with Gasteiger partial charge in [-0.1, -0.05) is 55.5 Å². The van der Waals surface area contributed by atoms with Crippen LogP contribution in [-0.2, 0) is 16.6 Å². The van der Waals surface area contributed by atoms with E-state index in [0.717, 1.165) is 16.7 Å². The van der Waals surface area contributed by atoms with E-state index >= 15 is 0 Å². The minimum atomic E-state index is -3.88. The summed E-state index contributed by atoms with van der Waals surface area (Å²) < 4.78 is 35.2. The lowest BCUT2D eigenvalue weighted by atomic mass is 10.0. The number of hydrogen-bond donors (Lipinski definition) is 1. The maximum Gasteiger partial charge on any atom is 0.247 e. The van der Waals surface area contributed by atoms with Crippen LogP contribution in [0.2, 0.25) is 0 Å². The second kappa shape index (κ2) is 12.0. The van der Waals surface area contributed by atoms with E-state index in [1.54, 1.807) is 37.5 Å². The van der Waals surface area contributed by atoms with Crippen LogP contribution in [0.1, 0.15) is 30.5 Å². The Morgan fingerprint density at radius 1 is 1.14 bits per heavy atom. The second-order valence-corrected chi connectivity index (χ2v) is 11.5. The van der Waals surface area contributed by atoms with Crippen LogP contribution in [0.15, 0.2) is 72.1 Å². The Morgan fingerprint density at radius 2 is 1.84 bits per heavy atom. The average Bonchev–Trinajstić information content (AvgIpc) is 2.90. The van der Waals surface area contributed by atoms with Gasteiger partial charge >= 0.3 is 0 Å². The fraction of sp³-hybridized carbons (Fsp3) is 0.357. The van der Waals surface area contributed by atoms with Gasteiger partial charge in [0.25, 0.3) is 0 Å². The van der Waals surface area contributed by atoms with Crippen LogP contribution >= 0.6 is 0 Å². The van der Waals surface area contributed by atoms with Crippen LogP contribution in [0.25, 0.3) is 12.2 Å². The number of aromatic nitrogens is 2. The molecule has 37 heavy (non-hydrogen) atoms. The number of fused-ring (bicyclic) bond motifs is 1. The molecule has 1 aromatic heterocycles. The van der Waals surface area contributed by atoms with Crippen molar-refractivity contribution in [1.29, 1.82) is 0 Å². The SMILES string of the molecule is C[C@@H]1CN([C@H](C)CO)S(=O)(=O)c2ccc(/C=C/c3ccccc3)cc2O[C@@H]1CN(C)Cc1cncnc1. The molecule has 0 aliphatic carbocycles. The molecule has 0 spiro atoms. The van der Waals surface area contributed by atoms with Gasteiger partial charge in [-0.3, -0.25) is 4.90 Å². The molecule has 0 amide bonds. The predicted molar refractivity (Wildman–Crippen MR) is 144 cm³/mol. The highest BCUT2D eigenvalue weighted by atomic mass is 32.2. The molecule has 3 aromatic rings. The summed E-state index contributed by atoms with van der Waals surface area (Å²) in [6, 6.07) is 14.5.